The SMILES string of the molecule is Cc1ccc2c(c1)C1Sc3ccc(C)cc3C1S2. The number of hydrogen-bond donors (Lipinski definition) is 0. The van der Waals surface area contributed by atoms with Crippen molar-refractivity contribution in [1.82, 2.24) is 0 Å². The maximum atomic E-state index is 2.37. The third kappa shape index (κ3) is 1.49. The van der Waals surface area contributed by atoms with Crippen molar-refractivity contribution in [3.63, 3.8) is 0 Å². The minimum Gasteiger partial charge on any atom is -0.116 e. The summed E-state index contributed by atoms with van der Waals surface area (Å²) in [7, 11) is 0. The molecule has 2 heterocycles. The van der Waals surface area contributed by atoms with Gasteiger partial charge in [-0.15, -0.1) is 23.5 Å². The number of aryl methyl sites for hydroxylation is 2. The third-order valence-corrected chi connectivity index (χ3v) is 6.71. The summed E-state index contributed by atoms with van der Waals surface area (Å²) in [5.41, 5.74) is 5.85. The van der Waals surface area contributed by atoms with Gasteiger partial charge < -0.3 is 0 Å². The van der Waals surface area contributed by atoms with E-state index in [1.54, 1.807) is 11.1 Å². The third-order valence-electron chi connectivity index (χ3n) is 3.73. The standard InChI is InChI=1S/C16H14S2/c1-9-3-5-13-11(7-9)15-16(17-13)12-8-10(2)4-6-14(12)18-15/h3-8,15-16H,1-2H3. The zero-order valence-electron chi connectivity index (χ0n) is 10.4. The molecule has 0 saturated carbocycles. The summed E-state index contributed by atoms with van der Waals surface area (Å²) in [6, 6.07) is 13.8. The molecule has 2 aliphatic heterocycles. The van der Waals surface area contributed by atoms with Gasteiger partial charge in [0, 0.05) is 9.79 Å². The van der Waals surface area contributed by atoms with E-state index in [-0.39, 0.29) is 0 Å². The summed E-state index contributed by atoms with van der Waals surface area (Å²) in [6.45, 7) is 4.38. The summed E-state index contributed by atoms with van der Waals surface area (Å²) in [4.78, 5) is 2.96. The van der Waals surface area contributed by atoms with Crippen LogP contribution in [0.4, 0.5) is 0 Å². The van der Waals surface area contributed by atoms with Gasteiger partial charge in [-0.2, -0.15) is 0 Å². The van der Waals surface area contributed by atoms with E-state index in [2.05, 4.69) is 50.2 Å². The maximum absolute atomic E-state index is 2.37. The second kappa shape index (κ2) is 3.82. The minimum atomic E-state index is 0.627. The molecule has 0 nitrogen and oxygen atoms in total. The zero-order chi connectivity index (χ0) is 12.3. The van der Waals surface area contributed by atoms with Crippen LogP contribution in [0.5, 0.6) is 0 Å². The van der Waals surface area contributed by atoms with Gasteiger partial charge in [0.1, 0.15) is 0 Å². The van der Waals surface area contributed by atoms with Crippen LogP contribution in [-0.2, 0) is 0 Å². The second-order valence-corrected chi connectivity index (χ2v) is 7.53. The molecule has 0 amide bonds. The van der Waals surface area contributed by atoms with Crippen LogP contribution in [0.15, 0.2) is 46.2 Å². The second-order valence-electron chi connectivity index (χ2n) is 5.16. The number of hydrogen-bond acceptors (Lipinski definition) is 2. The van der Waals surface area contributed by atoms with E-state index >= 15 is 0 Å². The van der Waals surface area contributed by atoms with Gasteiger partial charge in [0.05, 0.1) is 10.5 Å². The number of rotatable bonds is 0. The Morgan fingerprint density at radius 2 is 1.17 bits per heavy atom. The highest BCUT2D eigenvalue weighted by Gasteiger charge is 2.41. The fraction of sp³-hybridized carbons (Fsp3) is 0.250. The molecule has 0 N–H and O–H groups in total. The normalized spacial score (nSPS) is 23.7. The van der Waals surface area contributed by atoms with E-state index in [1.807, 2.05) is 23.5 Å². The molecule has 0 fully saturated rings. The lowest BCUT2D eigenvalue weighted by Gasteiger charge is -2.08. The highest BCUT2D eigenvalue weighted by Crippen LogP contribution is 2.66. The van der Waals surface area contributed by atoms with Crippen molar-refractivity contribution in [1.29, 1.82) is 0 Å². The van der Waals surface area contributed by atoms with Crippen LogP contribution in [0.25, 0.3) is 0 Å². The molecule has 0 spiro atoms. The first-order chi connectivity index (χ1) is 8.72. The van der Waals surface area contributed by atoms with Gasteiger partial charge in [0.25, 0.3) is 0 Å². The van der Waals surface area contributed by atoms with Crippen molar-refractivity contribution in [2.75, 3.05) is 0 Å². The van der Waals surface area contributed by atoms with Gasteiger partial charge in [0.2, 0.25) is 0 Å². The summed E-state index contributed by atoms with van der Waals surface area (Å²) in [5.74, 6) is 0. The molecule has 0 aromatic heterocycles. The summed E-state index contributed by atoms with van der Waals surface area (Å²) < 4.78 is 0. The number of benzene rings is 2. The van der Waals surface area contributed by atoms with Crippen molar-refractivity contribution in [3.05, 3.63) is 58.7 Å². The Morgan fingerprint density at radius 1 is 0.722 bits per heavy atom. The topological polar surface area (TPSA) is 0 Å². The Morgan fingerprint density at radius 3 is 1.61 bits per heavy atom. The van der Waals surface area contributed by atoms with E-state index in [9.17, 15) is 0 Å². The van der Waals surface area contributed by atoms with Gasteiger partial charge in [-0.3, -0.25) is 0 Å². The molecule has 0 saturated heterocycles. The van der Waals surface area contributed by atoms with Gasteiger partial charge in [-0.05, 0) is 37.1 Å². The molecule has 18 heavy (non-hydrogen) atoms. The number of fused-ring (bicyclic) bond motifs is 5. The lowest BCUT2D eigenvalue weighted by Crippen LogP contribution is -1.92. The van der Waals surface area contributed by atoms with Crippen molar-refractivity contribution in [3.8, 4) is 0 Å². The van der Waals surface area contributed by atoms with Crippen LogP contribution in [-0.4, -0.2) is 0 Å². The van der Waals surface area contributed by atoms with Gasteiger partial charge in [0.15, 0.2) is 0 Å². The molecule has 2 aromatic carbocycles. The highest BCUT2D eigenvalue weighted by atomic mass is 32.2. The molecule has 2 aliphatic rings. The van der Waals surface area contributed by atoms with E-state index in [4.69, 9.17) is 0 Å². The van der Waals surface area contributed by atoms with Crippen LogP contribution in [0, 0.1) is 13.8 Å². The highest BCUT2D eigenvalue weighted by molar-refractivity contribution is 8.05. The van der Waals surface area contributed by atoms with Crippen molar-refractivity contribution < 1.29 is 0 Å². The Balaban J connectivity index is 1.84. The van der Waals surface area contributed by atoms with Gasteiger partial charge >= 0.3 is 0 Å². The molecule has 2 heteroatoms. The summed E-state index contributed by atoms with van der Waals surface area (Å²) in [5, 5.41) is 1.25. The van der Waals surface area contributed by atoms with Crippen LogP contribution < -0.4 is 0 Å². The van der Waals surface area contributed by atoms with Gasteiger partial charge in [-0.25, -0.2) is 0 Å². The average Bonchev–Trinajstić information content (AvgIpc) is 2.86. The molecule has 2 atom stereocenters. The van der Waals surface area contributed by atoms with Crippen LogP contribution >= 0.6 is 23.5 Å². The van der Waals surface area contributed by atoms with Crippen molar-refractivity contribution in [2.24, 2.45) is 0 Å². The first-order valence-electron chi connectivity index (χ1n) is 6.27. The average molecular weight is 270 g/mol. The van der Waals surface area contributed by atoms with Crippen LogP contribution in [0.3, 0.4) is 0 Å². The van der Waals surface area contributed by atoms with E-state index in [1.165, 1.54) is 20.9 Å². The maximum Gasteiger partial charge on any atom is 0.0519 e. The van der Waals surface area contributed by atoms with E-state index in [0.717, 1.165) is 0 Å². The Kier molecular flexibility index (Phi) is 2.33. The van der Waals surface area contributed by atoms with Crippen molar-refractivity contribution in [2.45, 2.75) is 34.1 Å². The Labute approximate surface area is 116 Å². The molecule has 0 radical (unpaired) electrons. The fourth-order valence-electron chi connectivity index (χ4n) is 2.85. The predicted molar refractivity (Wildman–Crippen MR) is 79.6 cm³/mol. The lowest BCUT2D eigenvalue weighted by atomic mass is 10.0. The van der Waals surface area contributed by atoms with Crippen LogP contribution in [0.2, 0.25) is 0 Å². The molecule has 2 unspecified atom stereocenters. The Hall–Kier alpha value is -0.860. The van der Waals surface area contributed by atoms with Crippen LogP contribution in [0.1, 0.15) is 32.8 Å². The first-order valence-corrected chi connectivity index (χ1v) is 8.03. The molecule has 4 rings (SSSR count). The molecular formula is C16H14S2. The molecular weight excluding hydrogens is 256 g/mol. The minimum absolute atomic E-state index is 0.627. The van der Waals surface area contributed by atoms with Crippen molar-refractivity contribution >= 4 is 23.5 Å². The Bertz CT molecular complexity index is 588. The molecule has 0 bridgehead atoms. The lowest BCUT2D eigenvalue weighted by molar-refractivity contribution is 0.935. The zero-order valence-corrected chi connectivity index (χ0v) is 12.1. The first kappa shape index (κ1) is 11.0. The largest absolute Gasteiger partial charge is 0.116 e. The molecule has 90 valence electrons. The quantitative estimate of drug-likeness (QED) is 0.637. The molecule has 2 aromatic rings. The number of thioether (sulfide) groups is 2. The predicted octanol–water partition coefficient (Wildman–Crippen LogP) is 5.30. The fourth-order valence-corrected chi connectivity index (χ4v) is 6.00. The summed E-state index contributed by atoms with van der Waals surface area (Å²) >= 11 is 4.09. The smallest absolute Gasteiger partial charge is 0.0519 e. The summed E-state index contributed by atoms with van der Waals surface area (Å²) in [6.07, 6.45) is 0. The van der Waals surface area contributed by atoms with Gasteiger partial charge in [-0.1, -0.05) is 35.4 Å². The van der Waals surface area contributed by atoms with E-state index in [0.29, 0.717) is 10.5 Å². The monoisotopic (exact) mass is 270 g/mol. The molecule has 0 aliphatic carbocycles. The van der Waals surface area contributed by atoms with E-state index < -0.39 is 0 Å².